The van der Waals surface area contributed by atoms with Gasteiger partial charge in [-0.3, -0.25) is 0 Å². The number of halogens is 1. The monoisotopic (exact) mass is 311 g/mol. The predicted molar refractivity (Wildman–Crippen MR) is 80.9 cm³/mol. The van der Waals surface area contributed by atoms with E-state index in [1.807, 2.05) is 27.7 Å². The van der Waals surface area contributed by atoms with Crippen LogP contribution in [0.5, 0.6) is 0 Å². The lowest BCUT2D eigenvalue weighted by atomic mass is 9.80. The van der Waals surface area contributed by atoms with Crippen LogP contribution in [0.3, 0.4) is 0 Å². The number of rotatable bonds is 3. The second-order valence-electron chi connectivity index (χ2n) is 5.92. The molecule has 1 aliphatic heterocycles. The first-order chi connectivity index (χ1) is 9.68. The summed E-state index contributed by atoms with van der Waals surface area (Å²) in [6, 6.07) is 1.61. The number of carbonyl (C=O) groups is 1. The van der Waals surface area contributed by atoms with Crippen LogP contribution in [0.2, 0.25) is 5.15 Å². The maximum atomic E-state index is 11.9. The Bertz CT molecular complexity index is 546. The van der Waals surface area contributed by atoms with Gasteiger partial charge in [-0.15, -0.1) is 0 Å². The molecule has 21 heavy (non-hydrogen) atoms. The fourth-order valence-electron chi connectivity index (χ4n) is 1.92. The number of nitrogens with zero attached hydrogens (tertiary/aromatic N) is 1. The third kappa shape index (κ3) is 3.07. The molecule has 0 atom stereocenters. The van der Waals surface area contributed by atoms with E-state index in [2.05, 4.69) is 4.98 Å². The van der Waals surface area contributed by atoms with Crippen molar-refractivity contribution in [3.05, 3.63) is 23.0 Å². The number of aromatic nitrogens is 1. The Balaban J connectivity index is 2.31. The van der Waals surface area contributed by atoms with Crippen LogP contribution in [0.15, 0.2) is 12.3 Å². The van der Waals surface area contributed by atoms with Gasteiger partial charge < -0.3 is 14.0 Å². The predicted octanol–water partition coefficient (Wildman–Crippen LogP) is 2.21. The first kappa shape index (κ1) is 16.3. The van der Waals surface area contributed by atoms with Gasteiger partial charge in [-0.05, 0) is 40.7 Å². The number of pyridine rings is 1. The molecule has 1 fully saturated rings. The van der Waals surface area contributed by atoms with Gasteiger partial charge in [0.2, 0.25) is 0 Å². The van der Waals surface area contributed by atoms with Gasteiger partial charge in [0.05, 0.1) is 23.4 Å². The van der Waals surface area contributed by atoms with Crippen LogP contribution < -0.4 is 5.46 Å². The van der Waals surface area contributed by atoms with Crippen LogP contribution >= 0.6 is 11.6 Å². The summed E-state index contributed by atoms with van der Waals surface area (Å²) in [6.45, 7) is 9.85. The zero-order valence-corrected chi connectivity index (χ0v) is 13.7. The molecule has 1 saturated heterocycles. The molecule has 114 valence electrons. The molecule has 2 heterocycles. The zero-order valence-electron chi connectivity index (χ0n) is 12.9. The van der Waals surface area contributed by atoms with E-state index in [9.17, 15) is 4.79 Å². The molecular weight excluding hydrogens is 292 g/mol. The highest BCUT2D eigenvalue weighted by Gasteiger charge is 2.52. The van der Waals surface area contributed by atoms with Crippen LogP contribution in [0.25, 0.3) is 0 Å². The van der Waals surface area contributed by atoms with E-state index in [0.29, 0.717) is 5.46 Å². The number of carbonyl (C=O) groups excluding carboxylic acids is 1. The Labute approximate surface area is 130 Å². The smallest absolute Gasteiger partial charge is 0.462 e. The van der Waals surface area contributed by atoms with E-state index in [4.69, 9.17) is 25.6 Å². The minimum atomic E-state index is -0.590. The van der Waals surface area contributed by atoms with E-state index >= 15 is 0 Å². The summed E-state index contributed by atoms with van der Waals surface area (Å²) in [5.74, 6) is -0.506. The second-order valence-corrected chi connectivity index (χ2v) is 6.27. The normalized spacial score (nSPS) is 19.6. The van der Waals surface area contributed by atoms with E-state index < -0.39 is 24.3 Å². The van der Waals surface area contributed by atoms with Crippen molar-refractivity contribution >= 4 is 30.2 Å². The molecule has 0 saturated carbocycles. The number of ether oxygens (including phenoxy) is 1. The molecule has 7 heteroatoms. The summed E-state index contributed by atoms with van der Waals surface area (Å²) in [6.07, 6.45) is 1.55. The molecule has 2 rings (SSSR count). The lowest BCUT2D eigenvalue weighted by Crippen LogP contribution is -2.41. The number of esters is 1. The van der Waals surface area contributed by atoms with Crippen molar-refractivity contribution in [2.75, 3.05) is 6.61 Å². The Morgan fingerprint density at radius 3 is 2.43 bits per heavy atom. The van der Waals surface area contributed by atoms with E-state index in [0.717, 1.165) is 0 Å². The summed E-state index contributed by atoms with van der Waals surface area (Å²) >= 11 is 5.95. The average molecular weight is 312 g/mol. The van der Waals surface area contributed by atoms with Gasteiger partial charge >= 0.3 is 13.1 Å². The highest BCUT2D eigenvalue weighted by Crippen LogP contribution is 2.36. The molecule has 0 aliphatic carbocycles. The van der Waals surface area contributed by atoms with Crippen LogP contribution in [-0.2, 0) is 14.0 Å². The van der Waals surface area contributed by atoms with Crippen molar-refractivity contribution in [1.82, 2.24) is 4.98 Å². The molecule has 1 aliphatic rings. The van der Waals surface area contributed by atoms with Gasteiger partial charge in [0.15, 0.2) is 0 Å². The molecule has 5 nitrogen and oxygen atoms in total. The molecule has 0 amide bonds. The van der Waals surface area contributed by atoms with Gasteiger partial charge in [-0.1, -0.05) is 11.6 Å². The van der Waals surface area contributed by atoms with E-state index in [1.165, 1.54) is 0 Å². The SMILES string of the molecule is CCOC(=O)c1cc(B2OC(C)(C)C(C)(C)O2)cnc1Cl. The van der Waals surface area contributed by atoms with Gasteiger partial charge in [0.25, 0.3) is 0 Å². The molecular formula is C14H19BClNO4. The third-order valence-electron chi connectivity index (χ3n) is 3.88. The maximum absolute atomic E-state index is 11.9. The average Bonchev–Trinajstić information content (AvgIpc) is 2.59. The molecule has 1 aromatic rings. The fourth-order valence-corrected chi connectivity index (χ4v) is 2.10. The Kier molecular flexibility index (Phi) is 4.33. The molecule has 0 spiro atoms. The third-order valence-corrected chi connectivity index (χ3v) is 4.18. The summed E-state index contributed by atoms with van der Waals surface area (Å²) in [7, 11) is -0.590. The fraction of sp³-hybridized carbons (Fsp3) is 0.571. The van der Waals surface area contributed by atoms with Gasteiger partial charge in [0, 0.05) is 11.7 Å². The summed E-state index contributed by atoms with van der Waals surface area (Å²) in [4.78, 5) is 15.9. The lowest BCUT2D eigenvalue weighted by molar-refractivity contribution is 0.00578. The van der Waals surface area contributed by atoms with Crippen molar-refractivity contribution in [1.29, 1.82) is 0 Å². The molecule has 0 bridgehead atoms. The van der Waals surface area contributed by atoms with Crippen LogP contribution in [0, 0.1) is 0 Å². The van der Waals surface area contributed by atoms with Gasteiger partial charge in [-0.2, -0.15) is 0 Å². The molecule has 1 aromatic heterocycles. The van der Waals surface area contributed by atoms with E-state index in [-0.39, 0.29) is 17.3 Å². The highest BCUT2D eigenvalue weighted by atomic mass is 35.5. The van der Waals surface area contributed by atoms with Crippen LogP contribution in [0.4, 0.5) is 0 Å². The number of hydrogen-bond donors (Lipinski definition) is 0. The Morgan fingerprint density at radius 1 is 1.33 bits per heavy atom. The molecule has 0 unspecified atom stereocenters. The summed E-state index contributed by atoms with van der Waals surface area (Å²) in [5.41, 5.74) is -0.0604. The van der Waals surface area contributed by atoms with Crippen molar-refractivity contribution in [3.8, 4) is 0 Å². The first-order valence-corrected chi connectivity index (χ1v) is 7.24. The lowest BCUT2D eigenvalue weighted by Gasteiger charge is -2.32. The summed E-state index contributed by atoms with van der Waals surface area (Å²) in [5, 5.41) is 0.105. The minimum Gasteiger partial charge on any atom is -0.462 e. The van der Waals surface area contributed by atoms with E-state index in [1.54, 1.807) is 19.2 Å². The molecule has 0 N–H and O–H groups in total. The summed E-state index contributed by atoms with van der Waals surface area (Å²) < 4.78 is 16.8. The van der Waals surface area contributed by atoms with Crippen molar-refractivity contribution in [2.45, 2.75) is 45.8 Å². The quantitative estimate of drug-likeness (QED) is 0.487. The Hall–Kier alpha value is -1.11. The van der Waals surface area contributed by atoms with Crippen LogP contribution in [-0.4, -0.2) is 35.9 Å². The van der Waals surface area contributed by atoms with Crippen molar-refractivity contribution in [2.24, 2.45) is 0 Å². The zero-order chi connectivity index (χ0) is 15.8. The number of hydrogen-bond acceptors (Lipinski definition) is 5. The van der Waals surface area contributed by atoms with Crippen molar-refractivity contribution in [3.63, 3.8) is 0 Å². The first-order valence-electron chi connectivity index (χ1n) is 6.86. The van der Waals surface area contributed by atoms with Gasteiger partial charge in [-0.25, -0.2) is 9.78 Å². The molecule has 0 radical (unpaired) electrons. The Morgan fingerprint density at radius 2 is 1.90 bits per heavy atom. The second kappa shape index (κ2) is 5.59. The molecule has 0 aromatic carbocycles. The topological polar surface area (TPSA) is 57.7 Å². The standard InChI is InChI=1S/C14H19BClNO4/c1-6-19-12(18)10-7-9(8-17-11(10)16)15-20-13(2,3)14(4,5)21-15/h7-8H,6H2,1-5H3. The van der Waals surface area contributed by atoms with Crippen LogP contribution in [0.1, 0.15) is 45.0 Å². The van der Waals surface area contributed by atoms with Crippen molar-refractivity contribution < 1.29 is 18.8 Å². The van der Waals surface area contributed by atoms with Gasteiger partial charge in [0.1, 0.15) is 5.15 Å². The largest absolute Gasteiger partial charge is 0.496 e. The highest BCUT2D eigenvalue weighted by molar-refractivity contribution is 6.62. The maximum Gasteiger partial charge on any atom is 0.496 e. The minimum absolute atomic E-state index is 0.105.